The van der Waals surface area contributed by atoms with E-state index in [2.05, 4.69) is 15.5 Å². The molecular formula is C22H26N4O6S. The van der Waals surface area contributed by atoms with Crippen LogP contribution < -0.4 is 14.8 Å². The van der Waals surface area contributed by atoms with Crippen LogP contribution in [0.15, 0.2) is 51.8 Å². The van der Waals surface area contributed by atoms with Gasteiger partial charge in [-0.25, -0.2) is 12.7 Å². The number of sulfonamides is 1. The minimum absolute atomic E-state index is 0.104. The smallest absolute Gasteiger partial charge is 0.322 e. The molecule has 176 valence electrons. The predicted octanol–water partition coefficient (Wildman–Crippen LogP) is 3.43. The molecule has 10 nitrogen and oxygen atoms in total. The molecule has 0 saturated carbocycles. The van der Waals surface area contributed by atoms with Gasteiger partial charge < -0.3 is 13.9 Å². The molecule has 0 bridgehead atoms. The molecule has 3 rings (SSSR count). The van der Waals surface area contributed by atoms with Crippen LogP contribution in [0, 0.1) is 0 Å². The number of unbranched alkanes of at least 4 members (excludes halogenated alkanes) is 1. The highest BCUT2D eigenvalue weighted by Gasteiger charge is 2.21. The summed E-state index contributed by atoms with van der Waals surface area (Å²) in [6.45, 7) is 2.42. The van der Waals surface area contributed by atoms with Crippen LogP contribution in [0.5, 0.6) is 11.5 Å². The number of nitrogens with zero attached hydrogens (tertiary/aromatic N) is 3. The molecular weight excluding hydrogens is 448 g/mol. The normalized spacial score (nSPS) is 11.4. The van der Waals surface area contributed by atoms with Crippen molar-refractivity contribution in [1.82, 2.24) is 14.5 Å². The highest BCUT2D eigenvalue weighted by atomic mass is 32.2. The molecule has 0 aliphatic heterocycles. The summed E-state index contributed by atoms with van der Waals surface area (Å²) in [5.74, 6) is 0.739. The summed E-state index contributed by atoms with van der Waals surface area (Å²) >= 11 is 0. The van der Waals surface area contributed by atoms with Gasteiger partial charge in [-0.3, -0.25) is 10.1 Å². The van der Waals surface area contributed by atoms with Crippen molar-refractivity contribution < 1.29 is 27.1 Å². The lowest BCUT2D eigenvalue weighted by Crippen LogP contribution is -2.28. The maximum absolute atomic E-state index is 12.6. The van der Waals surface area contributed by atoms with E-state index in [1.54, 1.807) is 18.2 Å². The third kappa shape index (κ3) is 5.68. The Balaban J connectivity index is 1.72. The van der Waals surface area contributed by atoms with Gasteiger partial charge in [-0.1, -0.05) is 18.4 Å². The molecule has 0 spiro atoms. The number of hydrogen-bond acceptors (Lipinski definition) is 8. The Morgan fingerprint density at radius 1 is 1.06 bits per heavy atom. The van der Waals surface area contributed by atoms with Gasteiger partial charge in [0.25, 0.3) is 5.91 Å². The van der Waals surface area contributed by atoms with Gasteiger partial charge in [-0.05, 0) is 42.8 Å². The first-order valence-corrected chi connectivity index (χ1v) is 11.7. The fourth-order valence-electron chi connectivity index (χ4n) is 2.95. The Bertz CT molecular complexity index is 1190. The SMILES string of the molecule is CCCCN(C)S(=O)(=O)c1ccc(C(=O)Nc2nnc(-c3cc(OC)cc(OC)c3)o2)cc1. The fraction of sp³-hybridized carbons (Fsp3) is 0.318. The first-order chi connectivity index (χ1) is 15.8. The lowest BCUT2D eigenvalue weighted by atomic mass is 10.2. The van der Waals surface area contributed by atoms with Gasteiger partial charge in [0, 0.05) is 30.8 Å². The second-order valence-corrected chi connectivity index (χ2v) is 9.22. The minimum Gasteiger partial charge on any atom is -0.497 e. The van der Waals surface area contributed by atoms with Gasteiger partial charge >= 0.3 is 6.01 Å². The monoisotopic (exact) mass is 474 g/mol. The summed E-state index contributed by atoms with van der Waals surface area (Å²) in [7, 11) is 0.978. The fourth-order valence-corrected chi connectivity index (χ4v) is 4.16. The van der Waals surface area contributed by atoms with E-state index < -0.39 is 15.9 Å². The number of benzene rings is 2. The Morgan fingerprint density at radius 2 is 1.70 bits per heavy atom. The second-order valence-electron chi connectivity index (χ2n) is 7.17. The van der Waals surface area contributed by atoms with Crippen LogP contribution in [0.4, 0.5) is 6.01 Å². The van der Waals surface area contributed by atoms with Crippen LogP contribution in [0.1, 0.15) is 30.1 Å². The Labute approximate surface area is 192 Å². The van der Waals surface area contributed by atoms with E-state index >= 15 is 0 Å². The molecule has 3 aromatic rings. The van der Waals surface area contributed by atoms with Crippen LogP contribution in [0.2, 0.25) is 0 Å². The van der Waals surface area contributed by atoms with Gasteiger partial charge in [-0.2, -0.15) is 0 Å². The lowest BCUT2D eigenvalue weighted by Gasteiger charge is -2.16. The number of anilines is 1. The lowest BCUT2D eigenvalue weighted by molar-refractivity contribution is 0.102. The van der Waals surface area contributed by atoms with Crippen molar-refractivity contribution >= 4 is 21.9 Å². The molecule has 0 unspecified atom stereocenters. The summed E-state index contributed by atoms with van der Waals surface area (Å²) in [6, 6.07) is 10.6. The maximum atomic E-state index is 12.6. The molecule has 1 aromatic heterocycles. The van der Waals surface area contributed by atoms with E-state index in [1.807, 2.05) is 6.92 Å². The molecule has 0 aliphatic rings. The van der Waals surface area contributed by atoms with E-state index in [1.165, 1.54) is 49.8 Å². The topological polar surface area (TPSA) is 124 Å². The number of aromatic nitrogens is 2. The quantitative estimate of drug-likeness (QED) is 0.474. The number of carbonyl (C=O) groups excluding carboxylic acids is 1. The third-order valence-corrected chi connectivity index (χ3v) is 6.77. The number of nitrogens with one attached hydrogen (secondary N) is 1. The first kappa shape index (κ1) is 24.2. The van der Waals surface area contributed by atoms with Crippen molar-refractivity contribution in [2.75, 3.05) is 33.1 Å². The van der Waals surface area contributed by atoms with Gasteiger partial charge in [0.05, 0.1) is 19.1 Å². The molecule has 0 radical (unpaired) electrons. The second kappa shape index (κ2) is 10.5. The Hall–Kier alpha value is -3.44. The van der Waals surface area contributed by atoms with Crippen LogP contribution in [-0.2, 0) is 10.0 Å². The zero-order valence-corrected chi connectivity index (χ0v) is 19.7. The zero-order chi connectivity index (χ0) is 24.0. The van der Waals surface area contributed by atoms with E-state index in [-0.39, 0.29) is 22.4 Å². The third-order valence-electron chi connectivity index (χ3n) is 4.90. The van der Waals surface area contributed by atoms with E-state index in [9.17, 15) is 13.2 Å². The number of amides is 1. The summed E-state index contributed by atoms with van der Waals surface area (Å²) in [5, 5.41) is 10.3. The molecule has 1 N–H and O–H groups in total. The molecule has 33 heavy (non-hydrogen) atoms. The molecule has 0 fully saturated rings. The van der Waals surface area contributed by atoms with Crippen molar-refractivity contribution in [2.45, 2.75) is 24.7 Å². The minimum atomic E-state index is -3.61. The van der Waals surface area contributed by atoms with Crippen LogP contribution in [0.25, 0.3) is 11.5 Å². The van der Waals surface area contributed by atoms with Crippen molar-refractivity contribution in [3.63, 3.8) is 0 Å². The molecule has 0 saturated heterocycles. The summed E-state index contributed by atoms with van der Waals surface area (Å²) in [6.07, 6.45) is 1.66. The predicted molar refractivity (Wildman–Crippen MR) is 122 cm³/mol. The van der Waals surface area contributed by atoms with Crippen LogP contribution in [-0.4, -0.2) is 56.6 Å². The number of rotatable bonds is 10. The van der Waals surface area contributed by atoms with Crippen LogP contribution in [0.3, 0.4) is 0 Å². The van der Waals surface area contributed by atoms with Gasteiger partial charge in [0.15, 0.2) is 0 Å². The van der Waals surface area contributed by atoms with E-state index in [0.717, 1.165) is 12.8 Å². The van der Waals surface area contributed by atoms with Gasteiger partial charge in [-0.15, -0.1) is 5.10 Å². The standard InChI is InChI=1S/C22H26N4O6S/c1-5-6-11-26(2)33(28,29)19-9-7-15(8-10-19)20(27)23-22-25-24-21(32-22)16-12-17(30-3)14-18(13-16)31-4/h7-10,12-14H,5-6,11H2,1-4H3,(H,23,25,27). The summed E-state index contributed by atoms with van der Waals surface area (Å²) in [4.78, 5) is 12.7. The van der Waals surface area contributed by atoms with E-state index in [4.69, 9.17) is 13.9 Å². The molecule has 11 heteroatoms. The van der Waals surface area contributed by atoms with Crippen molar-refractivity contribution in [3.8, 4) is 23.0 Å². The summed E-state index contributed by atoms with van der Waals surface area (Å²) < 4.78 is 42.5. The van der Waals surface area contributed by atoms with Crippen molar-refractivity contribution in [1.29, 1.82) is 0 Å². The zero-order valence-electron chi connectivity index (χ0n) is 18.9. The number of hydrogen-bond donors (Lipinski definition) is 1. The molecule has 1 heterocycles. The highest BCUT2D eigenvalue weighted by molar-refractivity contribution is 7.89. The Morgan fingerprint density at radius 3 is 2.27 bits per heavy atom. The first-order valence-electron chi connectivity index (χ1n) is 10.2. The average Bonchev–Trinajstić information content (AvgIpc) is 3.30. The number of ether oxygens (including phenoxy) is 2. The molecule has 2 aromatic carbocycles. The highest BCUT2D eigenvalue weighted by Crippen LogP contribution is 2.29. The molecule has 1 amide bonds. The number of carbonyl (C=O) groups is 1. The maximum Gasteiger partial charge on any atom is 0.322 e. The Kier molecular flexibility index (Phi) is 7.67. The van der Waals surface area contributed by atoms with Gasteiger partial charge in [0.2, 0.25) is 15.9 Å². The average molecular weight is 475 g/mol. The summed E-state index contributed by atoms with van der Waals surface area (Å²) in [5.41, 5.74) is 0.800. The van der Waals surface area contributed by atoms with E-state index in [0.29, 0.717) is 23.6 Å². The van der Waals surface area contributed by atoms with Gasteiger partial charge in [0.1, 0.15) is 11.5 Å². The largest absolute Gasteiger partial charge is 0.497 e. The van der Waals surface area contributed by atoms with Crippen molar-refractivity contribution in [2.24, 2.45) is 0 Å². The molecule has 0 atom stereocenters. The van der Waals surface area contributed by atoms with Crippen LogP contribution >= 0.6 is 0 Å². The number of methoxy groups -OCH3 is 2. The van der Waals surface area contributed by atoms with Crippen molar-refractivity contribution in [3.05, 3.63) is 48.0 Å². The molecule has 0 aliphatic carbocycles.